The van der Waals surface area contributed by atoms with Crippen molar-refractivity contribution in [1.29, 1.82) is 0 Å². The van der Waals surface area contributed by atoms with Crippen LogP contribution in [-0.2, 0) is 6.42 Å². The average molecular weight is 198 g/mol. The van der Waals surface area contributed by atoms with Crippen molar-refractivity contribution in [3.63, 3.8) is 0 Å². The molecule has 72 valence electrons. The lowest BCUT2D eigenvalue weighted by molar-refractivity contribution is 0.110. The number of rotatable bonds is 3. The quantitative estimate of drug-likeness (QED) is 0.803. The Morgan fingerprint density at radius 3 is 2.92 bits per heavy atom. The molecule has 1 heterocycles. The Balaban J connectivity index is 1.87. The van der Waals surface area contributed by atoms with Gasteiger partial charge in [0.05, 0.1) is 29.7 Å². The third kappa shape index (κ3) is 2.25. The summed E-state index contributed by atoms with van der Waals surface area (Å²) in [5, 5.41) is 9.86. The first-order valence-corrected chi connectivity index (χ1v) is 5.54. The Labute approximate surface area is 82.1 Å². The molecule has 1 aliphatic rings. The van der Waals surface area contributed by atoms with Gasteiger partial charge >= 0.3 is 0 Å². The highest BCUT2D eigenvalue weighted by Gasteiger charge is 2.23. The van der Waals surface area contributed by atoms with Gasteiger partial charge in [0, 0.05) is 6.42 Å². The first-order valence-electron chi connectivity index (χ1n) is 4.81. The Morgan fingerprint density at radius 2 is 2.31 bits per heavy atom. The summed E-state index contributed by atoms with van der Waals surface area (Å²) in [5.41, 5.74) is 0.935. The van der Waals surface area contributed by atoms with Crippen LogP contribution in [0.5, 0.6) is 0 Å². The van der Waals surface area contributed by atoms with Gasteiger partial charge in [-0.3, -0.25) is 0 Å². The van der Waals surface area contributed by atoms with Gasteiger partial charge in [-0.05, 0) is 18.8 Å². The minimum absolute atomic E-state index is 0.202. The maximum Gasteiger partial charge on any atom is 0.0768 e. The second-order valence-electron chi connectivity index (χ2n) is 3.71. The number of nitrogens with zero attached hydrogens (tertiary/aromatic N) is 2. The Hall–Kier alpha value is -0.480. The van der Waals surface area contributed by atoms with Crippen molar-refractivity contribution in [2.45, 2.75) is 38.2 Å². The highest BCUT2D eigenvalue weighted by atomic mass is 32.1. The van der Waals surface area contributed by atoms with Crippen LogP contribution in [0.4, 0.5) is 0 Å². The maximum atomic E-state index is 9.86. The molecular formula is C9H14N2OS. The van der Waals surface area contributed by atoms with E-state index in [4.69, 9.17) is 0 Å². The summed E-state index contributed by atoms with van der Waals surface area (Å²) in [7, 11) is 0. The summed E-state index contributed by atoms with van der Waals surface area (Å²) in [6.07, 6.45) is 7.14. The van der Waals surface area contributed by atoms with Gasteiger partial charge in [-0.25, -0.2) is 0 Å². The average Bonchev–Trinajstić information content (AvgIpc) is 2.74. The van der Waals surface area contributed by atoms with Gasteiger partial charge in [0.15, 0.2) is 0 Å². The van der Waals surface area contributed by atoms with E-state index in [2.05, 4.69) is 8.75 Å². The summed E-state index contributed by atoms with van der Waals surface area (Å²) in [4.78, 5) is 0. The molecule has 0 aliphatic heterocycles. The molecule has 1 fully saturated rings. The van der Waals surface area contributed by atoms with Crippen LogP contribution in [0.2, 0.25) is 0 Å². The minimum atomic E-state index is -0.202. The van der Waals surface area contributed by atoms with Crippen molar-refractivity contribution >= 4 is 11.7 Å². The second-order valence-corrected chi connectivity index (χ2v) is 4.27. The fraction of sp³-hybridized carbons (Fsp3) is 0.778. The molecule has 1 aromatic rings. The van der Waals surface area contributed by atoms with Gasteiger partial charge in [-0.2, -0.15) is 8.75 Å². The second kappa shape index (κ2) is 4.15. The van der Waals surface area contributed by atoms with Crippen molar-refractivity contribution < 1.29 is 5.11 Å². The number of aromatic nitrogens is 2. The molecule has 4 heteroatoms. The smallest absolute Gasteiger partial charge is 0.0768 e. The van der Waals surface area contributed by atoms with Gasteiger partial charge in [-0.15, -0.1) is 0 Å². The molecule has 0 amide bonds. The summed E-state index contributed by atoms with van der Waals surface area (Å²) in [5.74, 6) is 0.502. The molecule has 1 N–H and O–H groups in total. The van der Waals surface area contributed by atoms with Gasteiger partial charge in [0.2, 0.25) is 0 Å². The van der Waals surface area contributed by atoms with Crippen LogP contribution in [-0.4, -0.2) is 20.0 Å². The lowest BCUT2D eigenvalue weighted by atomic mass is 9.97. The standard InChI is InChI=1S/C9H14N2OS/c12-9(7-3-1-2-4-7)5-8-6-10-13-11-8/h6-7,9,12H,1-5H2. The number of hydrogen-bond donors (Lipinski definition) is 1. The molecule has 1 saturated carbocycles. The molecule has 1 aromatic heterocycles. The fourth-order valence-corrected chi connectivity index (χ4v) is 2.44. The van der Waals surface area contributed by atoms with Crippen LogP contribution in [0, 0.1) is 5.92 Å². The third-order valence-electron chi connectivity index (χ3n) is 2.77. The highest BCUT2D eigenvalue weighted by molar-refractivity contribution is 6.99. The van der Waals surface area contributed by atoms with E-state index < -0.39 is 0 Å². The number of hydrogen-bond acceptors (Lipinski definition) is 4. The molecular weight excluding hydrogens is 184 g/mol. The summed E-state index contributed by atoms with van der Waals surface area (Å²) in [6, 6.07) is 0. The third-order valence-corrected chi connectivity index (χ3v) is 3.29. The van der Waals surface area contributed by atoms with Crippen LogP contribution in [0.25, 0.3) is 0 Å². The van der Waals surface area contributed by atoms with Gasteiger partial charge in [0.1, 0.15) is 0 Å². The van der Waals surface area contributed by atoms with Crippen LogP contribution in [0.15, 0.2) is 6.20 Å². The van der Waals surface area contributed by atoms with E-state index in [9.17, 15) is 5.11 Å². The van der Waals surface area contributed by atoms with Crippen molar-refractivity contribution in [1.82, 2.24) is 8.75 Å². The van der Waals surface area contributed by atoms with E-state index in [0.29, 0.717) is 12.3 Å². The molecule has 13 heavy (non-hydrogen) atoms. The Morgan fingerprint density at radius 1 is 1.54 bits per heavy atom. The normalized spacial score (nSPS) is 20.7. The lowest BCUT2D eigenvalue weighted by Gasteiger charge is -2.15. The van der Waals surface area contributed by atoms with Crippen molar-refractivity contribution in [3.8, 4) is 0 Å². The van der Waals surface area contributed by atoms with Crippen LogP contribution in [0.3, 0.4) is 0 Å². The van der Waals surface area contributed by atoms with E-state index in [-0.39, 0.29) is 6.10 Å². The molecule has 0 spiro atoms. The number of aliphatic hydroxyl groups is 1. The summed E-state index contributed by atoms with van der Waals surface area (Å²) in [6.45, 7) is 0. The highest BCUT2D eigenvalue weighted by Crippen LogP contribution is 2.28. The topological polar surface area (TPSA) is 46.0 Å². The first kappa shape index (κ1) is 9.09. The monoisotopic (exact) mass is 198 g/mol. The zero-order valence-corrected chi connectivity index (χ0v) is 8.33. The Bertz CT molecular complexity index is 244. The van der Waals surface area contributed by atoms with Crippen molar-refractivity contribution in [2.75, 3.05) is 0 Å². The van der Waals surface area contributed by atoms with Crippen LogP contribution >= 0.6 is 11.7 Å². The van der Waals surface area contributed by atoms with Gasteiger partial charge in [0.25, 0.3) is 0 Å². The predicted molar refractivity (Wildman–Crippen MR) is 51.6 cm³/mol. The molecule has 1 unspecified atom stereocenters. The van der Waals surface area contributed by atoms with E-state index in [0.717, 1.165) is 5.69 Å². The molecule has 2 rings (SSSR count). The van der Waals surface area contributed by atoms with E-state index in [1.807, 2.05) is 0 Å². The maximum absolute atomic E-state index is 9.86. The molecule has 3 nitrogen and oxygen atoms in total. The SMILES string of the molecule is OC(Cc1cnsn1)C1CCCC1. The molecule has 1 aliphatic carbocycles. The molecule has 0 bridgehead atoms. The largest absolute Gasteiger partial charge is 0.392 e. The van der Waals surface area contributed by atoms with E-state index >= 15 is 0 Å². The molecule has 1 atom stereocenters. The van der Waals surface area contributed by atoms with Gasteiger partial charge < -0.3 is 5.11 Å². The molecule has 0 saturated heterocycles. The van der Waals surface area contributed by atoms with E-state index in [1.54, 1.807) is 6.20 Å². The van der Waals surface area contributed by atoms with Gasteiger partial charge in [-0.1, -0.05) is 12.8 Å². The zero-order valence-electron chi connectivity index (χ0n) is 7.52. The van der Waals surface area contributed by atoms with Crippen LogP contribution < -0.4 is 0 Å². The summed E-state index contributed by atoms with van der Waals surface area (Å²) >= 11 is 1.21. The van der Waals surface area contributed by atoms with E-state index in [1.165, 1.54) is 37.4 Å². The first-order chi connectivity index (χ1) is 6.36. The summed E-state index contributed by atoms with van der Waals surface area (Å²) < 4.78 is 8.02. The zero-order chi connectivity index (χ0) is 9.10. The fourth-order valence-electron chi connectivity index (χ4n) is 2.00. The lowest BCUT2D eigenvalue weighted by Crippen LogP contribution is -2.20. The van der Waals surface area contributed by atoms with Crippen molar-refractivity contribution in [3.05, 3.63) is 11.9 Å². The molecule has 0 aromatic carbocycles. The van der Waals surface area contributed by atoms with Crippen molar-refractivity contribution in [2.24, 2.45) is 5.92 Å². The number of aliphatic hydroxyl groups excluding tert-OH is 1. The Kier molecular flexibility index (Phi) is 2.90. The molecule has 0 radical (unpaired) electrons. The van der Waals surface area contributed by atoms with Crippen LogP contribution in [0.1, 0.15) is 31.4 Å². The minimum Gasteiger partial charge on any atom is -0.392 e. The predicted octanol–water partition coefficient (Wildman–Crippen LogP) is 1.63.